The van der Waals surface area contributed by atoms with E-state index in [0.717, 1.165) is 11.1 Å². The third-order valence-electron chi connectivity index (χ3n) is 4.10. The van der Waals surface area contributed by atoms with Gasteiger partial charge in [0.2, 0.25) is 11.8 Å². The van der Waals surface area contributed by atoms with Crippen LogP contribution in [-0.4, -0.2) is 18.0 Å². The molecule has 3 rings (SSSR count). The number of hydrogen-bond acceptors (Lipinski definition) is 4. The lowest BCUT2D eigenvalue weighted by Crippen LogP contribution is -2.24. The summed E-state index contributed by atoms with van der Waals surface area (Å²) in [5.74, 6) is -1.18. The number of rotatable bonds is 8. The first-order chi connectivity index (χ1) is 15.0. The van der Waals surface area contributed by atoms with Gasteiger partial charge in [-0.25, -0.2) is 9.82 Å². The molecule has 0 atom stereocenters. The first-order valence-corrected chi connectivity index (χ1v) is 9.71. The van der Waals surface area contributed by atoms with Crippen molar-refractivity contribution < 1.29 is 18.7 Å². The van der Waals surface area contributed by atoms with Crippen LogP contribution >= 0.6 is 11.6 Å². The molecule has 6 nitrogen and oxygen atoms in total. The molecule has 0 aliphatic rings. The number of anilines is 1. The molecule has 3 aromatic rings. The van der Waals surface area contributed by atoms with E-state index >= 15 is 0 Å². The summed E-state index contributed by atoms with van der Waals surface area (Å²) in [5.41, 5.74) is 3.88. The second-order valence-corrected chi connectivity index (χ2v) is 6.85. The highest BCUT2D eigenvalue weighted by molar-refractivity contribution is 6.31. The van der Waals surface area contributed by atoms with Gasteiger partial charge in [0.15, 0.2) is 0 Å². The molecule has 0 fully saturated rings. The van der Waals surface area contributed by atoms with Crippen LogP contribution in [0.4, 0.5) is 10.1 Å². The largest absolute Gasteiger partial charge is 0.489 e. The molecule has 0 saturated carbocycles. The highest BCUT2D eigenvalue weighted by Gasteiger charge is 2.11. The van der Waals surface area contributed by atoms with E-state index in [1.54, 1.807) is 36.4 Å². The van der Waals surface area contributed by atoms with E-state index in [9.17, 15) is 14.0 Å². The number of nitrogens with one attached hydrogen (secondary N) is 2. The van der Waals surface area contributed by atoms with E-state index in [4.69, 9.17) is 16.3 Å². The number of carbonyl (C=O) groups excluding carboxylic acids is 2. The summed E-state index contributed by atoms with van der Waals surface area (Å²) < 4.78 is 19.2. The predicted molar refractivity (Wildman–Crippen MR) is 118 cm³/mol. The first-order valence-electron chi connectivity index (χ1n) is 9.34. The molecule has 2 amide bonds. The summed E-state index contributed by atoms with van der Waals surface area (Å²) in [6, 6.07) is 20.2. The van der Waals surface area contributed by atoms with Crippen molar-refractivity contribution in [3.8, 4) is 5.75 Å². The number of benzene rings is 3. The van der Waals surface area contributed by atoms with Crippen molar-refractivity contribution in [3.63, 3.8) is 0 Å². The van der Waals surface area contributed by atoms with Gasteiger partial charge in [-0.15, -0.1) is 0 Å². The Morgan fingerprint density at radius 1 is 0.968 bits per heavy atom. The van der Waals surface area contributed by atoms with Gasteiger partial charge >= 0.3 is 0 Å². The Labute approximate surface area is 183 Å². The fraction of sp³-hybridized carbons (Fsp3) is 0.0870. The molecule has 158 valence electrons. The maximum Gasteiger partial charge on any atom is 0.249 e. The van der Waals surface area contributed by atoms with Crippen LogP contribution in [0.3, 0.4) is 0 Å². The number of hydrazone groups is 1. The number of ether oxygens (including phenoxy) is 1. The van der Waals surface area contributed by atoms with Crippen LogP contribution in [0.1, 0.15) is 17.5 Å². The van der Waals surface area contributed by atoms with Crippen molar-refractivity contribution in [2.75, 3.05) is 5.32 Å². The third kappa shape index (κ3) is 6.94. The van der Waals surface area contributed by atoms with Gasteiger partial charge < -0.3 is 10.1 Å². The molecule has 0 aliphatic carbocycles. The molecule has 31 heavy (non-hydrogen) atoms. The zero-order valence-electron chi connectivity index (χ0n) is 16.3. The van der Waals surface area contributed by atoms with Crippen LogP contribution < -0.4 is 15.5 Å². The van der Waals surface area contributed by atoms with Crippen molar-refractivity contribution in [2.24, 2.45) is 5.10 Å². The molecule has 0 radical (unpaired) electrons. The monoisotopic (exact) mass is 439 g/mol. The van der Waals surface area contributed by atoms with Crippen LogP contribution in [-0.2, 0) is 16.2 Å². The minimum atomic E-state index is -0.641. The van der Waals surface area contributed by atoms with Gasteiger partial charge in [-0.05, 0) is 48.0 Å². The molecule has 8 heteroatoms. The van der Waals surface area contributed by atoms with E-state index in [1.807, 2.05) is 18.2 Å². The average Bonchev–Trinajstić information content (AvgIpc) is 2.76. The molecule has 3 aromatic carbocycles. The number of amides is 2. The maximum absolute atomic E-state index is 13.5. The number of halogens is 2. The van der Waals surface area contributed by atoms with Gasteiger partial charge in [0.1, 0.15) is 24.6 Å². The smallest absolute Gasteiger partial charge is 0.249 e. The van der Waals surface area contributed by atoms with Crippen LogP contribution in [0, 0.1) is 5.82 Å². The summed E-state index contributed by atoms with van der Waals surface area (Å²) in [4.78, 5) is 23.6. The Morgan fingerprint density at radius 3 is 2.42 bits per heavy atom. The van der Waals surface area contributed by atoms with Crippen molar-refractivity contribution in [1.29, 1.82) is 0 Å². The van der Waals surface area contributed by atoms with E-state index in [2.05, 4.69) is 15.8 Å². The molecular weight excluding hydrogens is 421 g/mol. The molecule has 0 aliphatic heterocycles. The second kappa shape index (κ2) is 10.9. The minimum absolute atomic E-state index is 0.0145. The van der Waals surface area contributed by atoms with Crippen molar-refractivity contribution in [1.82, 2.24) is 5.43 Å². The van der Waals surface area contributed by atoms with Crippen molar-refractivity contribution in [3.05, 3.63) is 94.8 Å². The van der Waals surface area contributed by atoms with Gasteiger partial charge in [0.25, 0.3) is 0 Å². The van der Waals surface area contributed by atoms with Gasteiger partial charge in [0.05, 0.1) is 11.9 Å². The average molecular weight is 440 g/mol. The molecule has 0 spiro atoms. The van der Waals surface area contributed by atoms with E-state index in [1.165, 1.54) is 24.4 Å². The topological polar surface area (TPSA) is 79.8 Å². The Morgan fingerprint density at radius 2 is 1.68 bits per heavy atom. The van der Waals surface area contributed by atoms with Crippen LogP contribution in [0.25, 0.3) is 0 Å². The van der Waals surface area contributed by atoms with E-state index in [-0.39, 0.29) is 5.69 Å². The summed E-state index contributed by atoms with van der Waals surface area (Å²) in [5, 5.41) is 6.79. The summed E-state index contributed by atoms with van der Waals surface area (Å²) in [6.45, 7) is 0.345. The van der Waals surface area contributed by atoms with Gasteiger partial charge in [0, 0.05) is 10.6 Å². The zero-order valence-corrected chi connectivity index (χ0v) is 17.1. The Hall–Kier alpha value is -3.71. The SMILES string of the molecule is O=C(CC(=O)Nc1ccccc1F)NN=Cc1ccc(OCc2ccccc2Cl)cc1. The first kappa shape index (κ1) is 22.0. The molecule has 0 bridgehead atoms. The summed E-state index contributed by atoms with van der Waals surface area (Å²) in [7, 11) is 0. The molecule has 0 heterocycles. The Balaban J connectivity index is 1.44. The summed E-state index contributed by atoms with van der Waals surface area (Å²) in [6.07, 6.45) is 0.949. The fourth-order valence-corrected chi connectivity index (χ4v) is 2.74. The lowest BCUT2D eigenvalue weighted by Gasteiger charge is -2.07. The lowest BCUT2D eigenvalue weighted by molar-refractivity contribution is -0.126. The van der Waals surface area contributed by atoms with E-state index in [0.29, 0.717) is 17.4 Å². The molecule has 0 unspecified atom stereocenters. The van der Waals surface area contributed by atoms with Gasteiger partial charge in [-0.3, -0.25) is 9.59 Å². The quantitative estimate of drug-likeness (QED) is 0.307. The number of carbonyl (C=O) groups is 2. The highest BCUT2D eigenvalue weighted by atomic mass is 35.5. The molecular formula is C23H19ClFN3O3. The second-order valence-electron chi connectivity index (χ2n) is 6.45. The highest BCUT2D eigenvalue weighted by Crippen LogP contribution is 2.18. The van der Waals surface area contributed by atoms with Crippen LogP contribution in [0.15, 0.2) is 77.9 Å². The molecule has 0 aromatic heterocycles. The van der Waals surface area contributed by atoms with Gasteiger partial charge in [-0.2, -0.15) is 5.10 Å². The third-order valence-corrected chi connectivity index (χ3v) is 4.47. The lowest BCUT2D eigenvalue weighted by atomic mass is 10.2. The standard InChI is InChI=1S/C23H19ClFN3O3/c24-19-6-2-1-5-17(19)15-31-18-11-9-16(10-12-18)14-26-28-23(30)13-22(29)27-21-8-4-3-7-20(21)25/h1-12,14H,13,15H2,(H,27,29)(H,28,30). The molecule has 2 N–H and O–H groups in total. The Bertz CT molecular complexity index is 1090. The number of hydrogen-bond donors (Lipinski definition) is 2. The summed E-state index contributed by atoms with van der Waals surface area (Å²) >= 11 is 6.10. The Kier molecular flexibility index (Phi) is 7.73. The fourth-order valence-electron chi connectivity index (χ4n) is 2.55. The number of nitrogens with zero attached hydrogens (tertiary/aromatic N) is 1. The normalized spacial score (nSPS) is 10.6. The minimum Gasteiger partial charge on any atom is -0.489 e. The van der Waals surface area contributed by atoms with Crippen LogP contribution in [0.5, 0.6) is 5.75 Å². The van der Waals surface area contributed by atoms with E-state index < -0.39 is 24.1 Å². The predicted octanol–water partition coefficient (Wildman–Crippen LogP) is 4.54. The van der Waals surface area contributed by atoms with Crippen molar-refractivity contribution >= 4 is 35.3 Å². The van der Waals surface area contributed by atoms with Crippen molar-refractivity contribution in [2.45, 2.75) is 13.0 Å². The van der Waals surface area contributed by atoms with Crippen LogP contribution in [0.2, 0.25) is 5.02 Å². The maximum atomic E-state index is 13.5. The molecule has 0 saturated heterocycles. The zero-order chi connectivity index (χ0) is 22.1. The number of para-hydroxylation sites is 1. The van der Waals surface area contributed by atoms with Gasteiger partial charge in [-0.1, -0.05) is 41.9 Å².